The lowest BCUT2D eigenvalue weighted by Gasteiger charge is -2.45. The molecule has 0 bridgehead atoms. The molecule has 1 heterocycles. The summed E-state index contributed by atoms with van der Waals surface area (Å²) in [7, 11) is -0.0919. The first kappa shape index (κ1) is 33.8. The maximum Gasteiger partial charge on any atom is 0.305 e. The summed E-state index contributed by atoms with van der Waals surface area (Å²) in [6.07, 6.45) is -1.63. The molecule has 43 heavy (non-hydrogen) atoms. The minimum absolute atomic E-state index is 0.224. The quantitative estimate of drug-likeness (QED) is 0.160. The molecule has 5 unspecified atom stereocenters. The maximum atomic E-state index is 12.2. The Morgan fingerprint density at radius 2 is 1.44 bits per heavy atom. The van der Waals surface area contributed by atoms with Gasteiger partial charge in [-0.15, -0.1) is 11.6 Å². The van der Waals surface area contributed by atoms with Gasteiger partial charge in [0, 0.05) is 27.2 Å². The zero-order valence-electron chi connectivity index (χ0n) is 25.3. The molecule has 2 aromatic carbocycles. The molecule has 1 aliphatic heterocycles. The van der Waals surface area contributed by atoms with Crippen LogP contribution >= 0.6 is 0 Å². The Morgan fingerprint density at radius 1 is 0.860 bits per heavy atom. The lowest BCUT2D eigenvalue weighted by atomic mass is 9.88. The second-order valence-electron chi connectivity index (χ2n) is 10.5. The average Bonchev–Trinajstić information content (AvgIpc) is 2.93. The summed E-state index contributed by atoms with van der Waals surface area (Å²) in [5.74, 6) is -2.20. The molecule has 0 N–H and O–H groups in total. The Balaban J connectivity index is 1.95. The Labute approximate surface area is 254 Å². The molecule has 0 aliphatic carbocycles. The number of carbonyl (C=O) groups is 4. The highest BCUT2D eigenvalue weighted by Crippen LogP contribution is 2.38. The molecule has 1 fully saturated rings. The number of aryl methyl sites for hydroxylation is 2. The van der Waals surface area contributed by atoms with Crippen molar-refractivity contribution < 1.29 is 47.1 Å². The van der Waals surface area contributed by atoms with E-state index < -0.39 is 58.8 Å². The van der Waals surface area contributed by atoms with Crippen LogP contribution in [0.5, 0.6) is 0 Å². The molecule has 5 atom stereocenters. The van der Waals surface area contributed by atoms with Crippen molar-refractivity contribution >= 4 is 39.6 Å². The molecular weight excluding hydrogens is 576 g/mol. The van der Waals surface area contributed by atoms with Gasteiger partial charge in [0.15, 0.2) is 18.3 Å². The predicted octanol–water partition coefficient (Wildman–Crippen LogP) is 3.71. The number of benzene rings is 2. The lowest BCUT2D eigenvalue weighted by molar-refractivity contribution is -0.236. The van der Waals surface area contributed by atoms with Gasteiger partial charge in [-0.25, -0.2) is 0 Å². The van der Waals surface area contributed by atoms with E-state index in [9.17, 15) is 23.4 Å². The Bertz CT molecular complexity index is 1390. The molecule has 11 heteroatoms. The van der Waals surface area contributed by atoms with E-state index in [1.807, 2.05) is 49.4 Å². The normalized spacial score (nSPS) is 22.3. The van der Waals surface area contributed by atoms with Crippen LogP contribution in [0.1, 0.15) is 67.5 Å². The van der Waals surface area contributed by atoms with Crippen molar-refractivity contribution in [3.8, 4) is 0 Å². The SMILES string of the molecule is COC(=O)CCCc1ccc(Cc2cc(C3OC(C=[S-](C)=O)C(OC(C)=O)C(OC(C)=O)C3OC(C)=O)ccc2C)cc1. The van der Waals surface area contributed by atoms with Crippen molar-refractivity contribution in [1.82, 2.24) is 0 Å². The largest absolute Gasteiger partial charge is 0.469 e. The third kappa shape index (κ3) is 9.93. The molecule has 1 aliphatic rings. The smallest absolute Gasteiger partial charge is 0.305 e. The molecule has 0 aromatic heterocycles. The van der Waals surface area contributed by atoms with Crippen molar-refractivity contribution in [2.24, 2.45) is 0 Å². The van der Waals surface area contributed by atoms with Crippen LogP contribution in [0.4, 0.5) is 0 Å². The highest BCUT2D eigenvalue weighted by atomic mass is 32.2. The zero-order valence-corrected chi connectivity index (χ0v) is 26.1. The number of rotatable bonds is 11. The fraction of sp³-hybridized carbons (Fsp3) is 0.469. The first-order valence-electron chi connectivity index (χ1n) is 14.0. The summed E-state index contributed by atoms with van der Waals surface area (Å²) in [6.45, 7) is 5.60. The van der Waals surface area contributed by atoms with Gasteiger partial charge in [0.1, 0.15) is 6.10 Å². The highest BCUT2D eigenvalue weighted by molar-refractivity contribution is 7.82. The van der Waals surface area contributed by atoms with Crippen LogP contribution in [-0.4, -0.2) is 67.0 Å². The Morgan fingerprint density at radius 3 is 2.02 bits per heavy atom. The van der Waals surface area contributed by atoms with Crippen molar-refractivity contribution in [1.29, 1.82) is 0 Å². The van der Waals surface area contributed by atoms with Gasteiger partial charge in [-0.2, -0.15) is 0 Å². The van der Waals surface area contributed by atoms with Gasteiger partial charge in [-0.05, 0) is 54.0 Å². The number of hydrogen-bond acceptors (Lipinski definition) is 11. The van der Waals surface area contributed by atoms with Crippen LogP contribution in [0, 0.1) is 6.92 Å². The minimum Gasteiger partial charge on any atom is -0.469 e. The van der Waals surface area contributed by atoms with E-state index in [0.29, 0.717) is 24.8 Å². The van der Waals surface area contributed by atoms with E-state index >= 15 is 0 Å². The van der Waals surface area contributed by atoms with Crippen molar-refractivity contribution in [2.45, 2.75) is 83.9 Å². The van der Waals surface area contributed by atoms with Crippen LogP contribution in [0.3, 0.4) is 0 Å². The molecule has 2 aromatic rings. The van der Waals surface area contributed by atoms with Gasteiger partial charge >= 0.3 is 23.9 Å². The van der Waals surface area contributed by atoms with E-state index in [4.69, 9.17) is 23.7 Å². The van der Waals surface area contributed by atoms with Crippen LogP contribution in [0.15, 0.2) is 42.5 Å². The standard InChI is InChI=1S/C32H39O10S/c1-19-10-15-25(17-26(19)16-24-13-11-23(12-14-24)8-7-9-28(36)38-5)29-31(40-21(3)34)32(41-22(4)35)30(39-20(2)33)27(42-29)18-43(6)37/h10-15,17-18,27,29-32H,7-9,16H2,1-6H3/q-1. The van der Waals surface area contributed by atoms with Gasteiger partial charge in [0.2, 0.25) is 0 Å². The van der Waals surface area contributed by atoms with E-state index in [1.54, 1.807) is 0 Å². The summed E-state index contributed by atoms with van der Waals surface area (Å²) < 4.78 is 39.9. The van der Waals surface area contributed by atoms with Gasteiger partial charge in [0.25, 0.3) is 0 Å². The van der Waals surface area contributed by atoms with Crippen molar-refractivity contribution in [3.05, 3.63) is 70.3 Å². The molecular formula is C32H39O10S-. The second-order valence-corrected chi connectivity index (χ2v) is 11.8. The number of methoxy groups -OCH3 is 1. The fourth-order valence-corrected chi connectivity index (χ4v) is 5.65. The molecule has 1 saturated heterocycles. The average molecular weight is 616 g/mol. The third-order valence-corrected chi connectivity index (χ3v) is 7.65. The topological polar surface area (TPSA) is 132 Å². The number of hydrogen-bond donors (Lipinski definition) is 0. The zero-order chi connectivity index (χ0) is 31.7. The minimum atomic E-state index is -1.47. The summed E-state index contributed by atoms with van der Waals surface area (Å²) >= 11 is 0. The monoisotopic (exact) mass is 615 g/mol. The van der Waals surface area contributed by atoms with Crippen LogP contribution < -0.4 is 0 Å². The summed E-state index contributed by atoms with van der Waals surface area (Å²) in [4.78, 5) is 47.7. The van der Waals surface area contributed by atoms with Gasteiger partial charge in [-0.3, -0.25) is 29.6 Å². The molecule has 0 amide bonds. The van der Waals surface area contributed by atoms with E-state index in [-0.39, 0.29) is 5.97 Å². The summed E-state index contributed by atoms with van der Waals surface area (Å²) in [6, 6.07) is 13.9. The number of esters is 4. The van der Waals surface area contributed by atoms with Crippen LogP contribution in [0.25, 0.3) is 0 Å². The summed E-state index contributed by atoms with van der Waals surface area (Å²) in [5.41, 5.74) is 4.85. The number of carbonyl (C=O) groups excluding carboxylic acids is 4. The highest BCUT2D eigenvalue weighted by Gasteiger charge is 2.51. The van der Waals surface area contributed by atoms with Gasteiger partial charge < -0.3 is 27.9 Å². The van der Waals surface area contributed by atoms with Crippen molar-refractivity contribution in [3.63, 3.8) is 0 Å². The molecule has 0 spiro atoms. The number of ether oxygens (including phenoxy) is 5. The van der Waals surface area contributed by atoms with E-state index in [2.05, 4.69) is 0 Å². The first-order chi connectivity index (χ1) is 20.4. The van der Waals surface area contributed by atoms with Gasteiger partial charge in [-0.1, -0.05) is 42.5 Å². The molecule has 0 radical (unpaired) electrons. The second kappa shape index (κ2) is 15.7. The Kier molecular flexibility index (Phi) is 12.3. The molecule has 0 saturated carbocycles. The predicted molar refractivity (Wildman–Crippen MR) is 160 cm³/mol. The maximum absolute atomic E-state index is 12.2. The van der Waals surface area contributed by atoms with Crippen LogP contribution in [-0.2, 0) is 70.3 Å². The summed E-state index contributed by atoms with van der Waals surface area (Å²) in [5, 5.41) is 1.36. The van der Waals surface area contributed by atoms with Gasteiger partial charge in [0.05, 0.1) is 13.2 Å². The van der Waals surface area contributed by atoms with Crippen molar-refractivity contribution in [2.75, 3.05) is 13.4 Å². The first-order valence-corrected chi connectivity index (χ1v) is 15.6. The van der Waals surface area contributed by atoms with E-state index in [0.717, 1.165) is 28.7 Å². The lowest BCUT2D eigenvalue weighted by Crippen LogP contribution is -2.59. The molecule has 3 rings (SSSR count). The third-order valence-electron chi connectivity index (χ3n) is 7.00. The van der Waals surface area contributed by atoms with E-state index in [1.165, 1.54) is 39.5 Å². The fourth-order valence-electron chi connectivity index (χ4n) is 5.05. The molecule has 10 nitrogen and oxygen atoms in total. The van der Waals surface area contributed by atoms with Crippen LogP contribution in [0.2, 0.25) is 0 Å². The Hall–Kier alpha value is -3.70. The molecule has 234 valence electrons.